The molecule has 0 aliphatic carbocycles. The van der Waals surface area contributed by atoms with E-state index in [1.807, 2.05) is 24.0 Å². The third-order valence-corrected chi connectivity index (χ3v) is 4.60. The van der Waals surface area contributed by atoms with Crippen molar-refractivity contribution in [2.24, 2.45) is 7.05 Å². The highest BCUT2D eigenvalue weighted by atomic mass is 19.1. The summed E-state index contributed by atoms with van der Waals surface area (Å²) in [4.78, 5) is 2.45. The Balaban J connectivity index is 1.63. The van der Waals surface area contributed by atoms with Crippen LogP contribution in [0.15, 0.2) is 36.7 Å². The van der Waals surface area contributed by atoms with Crippen molar-refractivity contribution in [1.29, 1.82) is 0 Å². The second-order valence-corrected chi connectivity index (χ2v) is 5.99. The highest BCUT2D eigenvalue weighted by Crippen LogP contribution is 2.31. The Hall–Kier alpha value is -1.68. The number of aryl methyl sites for hydroxylation is 1. The molecule has 0 spiro atoms. The molecule has 0 saturated carbocycles. The fourth-order valence-electron chi connectivity index (χ4n) is 3.25. The molecule has 1 fully saturated rings. The van der Waals surface area contributed by atoms with Crippen LogP contribution in [0.5, 0.6) is 0 Å². The lowest BCUT2D eigenvalue weighted by Crippen LogP contribution is -2.35. The smallest absolute Gasteiger partial charge is 0.123 e. The average Bonchev–Trinajstić information content (AvgIpc) is 2.93. The number of nitrogens with zero attached hydrogens (tertiary/aromatic N) is 3. The lowest BCUT2D eigenvalue weighted by atomic mass is 9.90. The minimum atomic E-state index is -0.149. The fraction of sp³-hybridized carbons (Fsp3) is 0.471. The van der Waals surface area contributed by atoms with E-state index in [1.165, 1.54) is 11.6 Å². The highest BCUT2D eigenvalue weighted by Gasteiger charge is 2.25. The van der Waals surface area contributed by atoms with Gasteiger partial charge in [-0.25, -0.2) is 4.39 Å². The molecule has 2 heterocycles. The van der Waals surface area contributed by atoms with Gasteiger partial charge in [0.2, 0.25) is 0 Å². The van der Waals surface area contributed by atoms with Crippen LogP contribution in [0.1, 0.15) is 42.9 Å². The van der Waals surface area contributed by atoms with Crippen molar-refractivity contribution in [3.05, 3.63) is 53.6 Å². The Morgan fingerprint density at radius 3 is 2.67 bits per heavy atom. The molecule has 3 rings (SSSR count). The molecule has 0 N–H and O–H groups in total. The largest absolute Gasteiger partial charge is 0.297 e. The Morgan fingerprint density at radius 2 is 2.05 bits per heavy atom. The molecule has 4 heteroatoms. The number of piperidine rings is 1. The molecule has 1 saturated heterocycles. The highest BCUT2D eigenvalue weighted by molar-refractivity contribution is 5.20. The van der Waals surface area contributed by atoms with E-state index in [0.29, 0.717) is 5.92 Å². The molecule has 112 valence electrons. The molecule has 1 aliphatic heterocycles. The Labute approximate surface area is 125 Å². The second-order valence-electron chi connectivity index (χ2n) is 5.99. The maximum Gasteiger partial charge on any atom is 0.123 e. The molecule has 1 atom stereocenters. The first-order valence-corrected chi connectivity index (χ1v) is 7.61. The molecule has 1 aromatic carbocycles. The molecular formula is C17H22FN3. The standard InChI is InChI=1S/C17H22FN3/c1-13(15-4-3-5-17(18)10-15)21-8-6-14(7-9-21)16-11-19-20(2)12-16/h3-5,10-14H,6-9H2,1-2H3. The average molecular weight is 287 g/mol. The van der Waals surface area contributed by atoms with Gasteiger partial charge in [-0.05, 0) is 62.0 Å². The van der Waals surface area contributed by atoms with Gasteiger partial charge in [0.05, 0.1) is 6.20 Å². The number of hydrogen-bond donors (Lipinski definition) is 0. The predicted octanol–water partition coefficient (Wildman–Crippen LogP) is 3.50. The van der Waals surface area contributed by atoms with Crippen molar-refractivity contribution < 1.29 is 4.39 Å². The van der Waals surface area contributed by atoms with Crippen molar-refractivity contribution >= 4 is 0 Å². The summed E-state index contributed by atoms with van der Waals surface area (Å²) in [5.41, 5.74) is 2.41. The number of hydrogen-bond acceptors (Lipinski definition) is 2. The normalized spacial score (nSPS) is 18.8. The van der Waals surface area contributed by atoms with Crippen LogP contribution in [0.25, 0.3) is 0 Å². The molecule has 1 unspecified atom stereocenters. The second kappa shape index (κ2) is 5.98. The van der Waals surface area contributed by atoms with Gasteiger partial charge in [0.15, 0.2) is 0 Å². The van der Waals surface area contributed by atoms with E-state index in [4.69, 9.17) is 0 Å². The van der Waals surface area contributed by atoms with E-state index in [2.05, 4.69) is 23.1 Å². The molecule has 0 radical (unpaired) electrons. The number of rotatable bonds is 3. The molecular weight excluding hydrogens is 265 g/mol. The van der Waals surface area contributed by atoms with Crippen molar-refractivity contribution in [2.45, 2.75) is 31.7 Å². The summed E-state index contributed by atoms with van der Waals surface area (Å²) in [5.74, 6) is 0.458. The van der Waals surface area contributed by atoms with E-state index in [1.54, 1.807) is 12.1 Å². The van der Waals surface area contributed by atoms with E-state index >= 15 is 0 Å². The van der Waals surface area contributed by atoms with Crippen molar-refractivity contribution in [3.63, 3.8) is 0 Å². The molecule has 1 aliphatic rings. The molecule has 1 aromatic heterocycles. The number of benzene rings is 1. The van der Waals surface area contributed by atoms with Crippen LogP contribution in [-0.4, -0.2) is 27.8 Å². The minimum Gasteiger partial charge on any atom is -0.297 e. The van der Waals surface area contributed by atoms with Gasteiger partial charge in [0, 0.05) is 19.3 Å². The Morgan fingerprint density at radius 1 is 1.29 bits per heavy atom. The summed E-state index contributed by atoms with van der Waals surface area (Å²) in [6.45, 7) is 4.27. The van der Waals surface area contributed by atoms with Crippen LogP contribution in [0.2, 0.25) is 0 Å². The van der Waals surface area contributed by atoms with Crippen LogP contribution in [0, 0.1) is 5.82 Å². The minimum absolute atomic E-state index is 0.149. The summed E-state index contributed by atoms with van der Waals surface area (Å²) in [6.07, 6.45) is 6.39. The van der Waals surface area contributed by atoms with Gasteiger partial charge in [0.1, 0.15) is 5.82 Å². The van der Waals surface area contributed by atoms with Gasteiger partial charge < -0.3 is 0 Å². The van der Waals surface area contributed by atoms with Crippen molar-refractivity contribution in [1.82, 2.24) is 14.7 Å². The number of likely N-dealkylation sites (tertiary alicyclic amines) is 1. The number of halogens is 1. The lowest BCUT2D eigenvalue weighted by Gasteiger charge is -2.36. The first-order chi connectivity index (χ1) is 10.1. The zero-order valence-corrected chi connectivity index (χ0v) is 12.7. The van der Waals surface area contributed by atoms with Crippen LogP contribution < -0.4 is 0 Å². The first kappa shape index (κ1) is 14.3. The Kier molecular flexibility index (Phi) is 4.06. The molecule has 2 aromatic rings. The predicted molar refractivity (Wildman–Crippen MR) is 81.6 cm³/mol. The third kappa shape index (κ3) is 3.16. The van der Waals surface area contributed by atoms with E-state index in [-0.39, 0.29) is 11.9 Å². The van der Waals surface area contributed by atoms with E-state index in [9.17, 15) is 4.39 Å². The summed E-state index contributed by atoms with van der Waals surface area (Å²) in [5, 5.41) is 4.26. The SMILES string of the molecule is CC(c1cccc(F)c1)N1CCC(c2cnn(C)c2)CC1. The van der Waals surface area contributed by atoms with Crippen LogP contribution in [-0.2, 0) is 7.05 Å². The van der Waals surface area contributed by atoms with Crippen LogP contribution in [0.4, 0.5) is 4.39 Å². The van der Waals surface area contributed by atoms with Crippen molar-refractivity contribution in [3.8, 4) is 0 Å². The van der Waals surface area contributed by atoms with Crippen molar-refractivity contribution in [2.75, 3.05) is 13.1 Å². The van der Waals surface area contributed by atoms with Gasteiger partial charge in [-0.1, -0.05) is 12.1 Å². The molecule has 0 bridgehead atoms. The van der Waals surface area contributed by atoms with E-state index < -0.39 is 0 Å². The maximum absolute atomic E-state index is 13.4. The van der Waals surface area contributed by atoms with Gasteiger partial charge in [0.25, 0.3) is 0 Å². The fourth-order valence-corrected chi connectivity index (χ4v) is 3.25. The quantitative estimate of drug-likeness (QED) is 0.861. The van der Waals surface area contributed by atoms with Crippen LogP contribution in [0.3, 0.4) is 0 Å². The van der Waals surface area contributed by atoms with E-state index in [0.717, 1.165) is 31.5 Å². The topological polar surface area (TPSA) is 21.1 Å². The summed E-state index contributed by atoms with van der Waals surface area (Å²) in [7, 11) is 1.96. The number of aromatic nitrogens is 2. The van der Waals surface area contributed by atoms with Gasteiger partial charge in [-0.15, -0.1) is 0 Å². The maximum atomic E-state index is 13.4. The zero-order valence-electron chi connectivity index (χ0n) is 12.7. The molecule has 0 amide bonds. The van der Waals surface area contributed by atoms with Gasteiger partial charge in [-0.3, -0.25) is 9.58 Å². The summed E-state index contributed by atoms with van der Waals surface area (Å²) < 4.78 is 15.2. The molecule has 21 heavy (non-hydrogen) atoms. The van der Waals surface area contributed by atoms with Crippen LogP contribution >= 0.6 is 0 Å². The summed E-state index contributed by atoms with van der Waals surface area (Å²) in [6, 6.07) is 7.24. The van der Waals surface area contributed by atoms with Gasteiger partial charge in [-0.2, -0.15) is 5.10 Å². The lowest BCUT2D eigenvalue weighted by molar-refractivity contribution is 0.162. The summed E-state index contributed by atoms with van der Waals surface area (Å²) >= 11 is 0. The van der Waals surface area contributed by atoms with Gasteiger partial charge >= 0.3 is 0 Å². The monoisotopic (exact) mass is 287 g/mol. The zero-order chi connectivity index (χ0) is 14.8. The first-order valence-electron chi connectivity index (χ1n) is 7.61. The molecule has 3 nitrogen and oxygen atoms in total. The Bertz CT molecular complexity index is 600. The third-order valence-electron chi connectivity index (χ3n) is 4.60.